The van der Waals surface area contributed by atoms with Gasteiger partial charge in [-0.05, 0) is 72.2 Å². The quantitative estimate of drug-likeness (QED) is 0.586. The van der Waals surface area contributed by atoms with Crippen LogP contribution < -0.4 is 0 Å². The lowest BCUT2D eigenvalue weighted by Crippen LogP contribution is -2.30. The predicted molar refractivity (Wildman–Crippen MR) is 115 cm³/mol. The molecule has 3 heteroatoms. The van der Waals surface area contributed by atoms with E-state index in [1.54, 1.807) is 19.2 Å². The number of phenols is 2. The summed E-state index contributed by atoms with van der Waals surface area (Å²) in [6, 6.07) is 21.7. The molecule has 3 nitrogen and oxygen atoms in total. The highest BCUT2D eigenvalue weighted by Gasteiger charge is 2.45. The number of hydrogen-bond acceptors (Lipinski definition) is 3. The molecule has 1 unspecified atom stereocenters. The van der Waals surface area contributed by atoms with E-state index in [1.807, 2.05) is 36.4 Å². The lowest BCUT2D eigenvalue weighted by Gasteiger charge is -2.39. The van der Waals surface area contributed by atoms with Crippen molar-refractivity contribution in [3.63, 3.8) is 0 Å². The first-order chi connectivity index (χ1) is 14.1. The van der Waals surface area contributed by atoms with Crippen molar-refractivity contribution in [2.45, 2.75) is 25.7 Å². The summed E-state index contributed by atoms with van der Waals surface area (Å²) >= 11 is 0. The molecule has 2 N–H and O–H groups in total. The normalized spacial score (nSPS) is 21.6. The molecule has 2 aliphatic rings. The summed E-state index contributed by atoms with van der Waals surface area (Å²) in [4.78, 5) is 0. The molecule has 5 rings (SSSR count). The highest BCUT2D eigenvalue weighted by molar-refractivity contribution is 5.93. The molecule has 146 valence electrons. The van der Waals surface area contributed by atoms with Gasteiger partial charge in [0.15, 0.2) is 0 Å². The number of phenolic OH excluding ortho intramolecular Hbond substituents is 2. The zero-order valence-corrected chi connectivity index (χ0v) is 16.5. The highest BCUT2D eigenvalue weighted by atomic mass is 16.5. The second kappa shape index (κ2) is 6.70. The molecular formula is C26H24O3. The molecular weight excluding hydrogens is 360 g/mol. The Hall–Kier alpha value is -3.20. The van der Waals surface area contributed by atoms with Crippen molar-refractivity contribution in [1.82, 2.24) is 0 Å². The van der Waals surface area contributed by atoms with Gasteiger partial charge in [-0.15, -0.1) is 0 Å². The molecule has 0 fully saturated rings. The number of allylic oxidation sites excluding steroid dienone is 1. The molecule has 0 amide bonds. The molecule has 3 aromatic rings. The fourth-order valence-corrected chi connectivity index (χ4v) is 5.23. The number of fused-ring (bicyclic) bond motifs is 2. The van der Waals surface area contributed by atoms with E-state index in [0.717, 1.165) is 48.1 Å². The van der Waals surface area contributed by atoms with Crippen LogP contribution in [-0.2, 0) is 24.0 Å². The molecule has 0 bridgehead atoms. The summed E-state index contributed by atoms with van der Waals surface area (Å²) < 4.78 is 6.04. The average molecular weight is 384 g/mol. The van der Waals surface area contributed by atoms with Crippen molar-refractivity contribution in [2.24, 2.45) is 5.41 Å². The molecule has 3 aromatic carbocycles. The molecule has 0 saturated carbocycles. The third kappa shape index (κ3) is 2.89. The van der Waals surface area contributed by atoms with Crippen molar-refractivity contribution in [3.05, 3.63) is 94.5 Å². The Labute approximate surface area is 170 Å². The molecule has 29 heavy (non-hydrogen) atoms. The minimum atomic E-state index is -0.0821. The van der Waals surface area contributed by atoms with Gasteiger partial charge in [0.1, 0.15) is 17.3 Å². The molecule has 1 atom stereocenters. The van der Waals surface area contributed by atoms with Crippen LogP contribution in [0.1, 0.15) is 34.2 Å². The monoisotopic (exact) mass is 384 g/mol. The van der Waals surface area contributed by atoms with Crippen molar-refractivity contribution < 1.29 is 14.9 Å². The topological polar surface area (TPSA) is 49.7 Å². The SMILES string of the molecule is CO/C(=C1/c2ccc(O)cc2CCC12Cc1ccc(O)cc1C2)c1ccccc1. The van der Waals surface area contributed by atoms with Gasteiger partial charge in [-0.25, -0.2) is 0 Å². The first-order valence-corrected chi connectivity index (χ1v) is 10.1. The largest absolute Gasteiger partial charge is 0.508 e. The van der Waals surface area contributed by atoms with Gasteiger partial charge in [0.25, 0.3) is 0 Å². The van der Waals surface area contributed by atoms with Crippen LogP contribution in [0.4, 0.5) is 0 Å². The summed E-state index contributed by atoms with van der Waals surface area (Å²) in [5.74, 6) is 1.52. The van der Waals surface area contributed by atoms with Crippen molar-refractivity contribution in [1.29, 1.82) is 0 Å². The van der Waals surface area contributed by atoms with Crippen LogP contribution in [0.25, 0.3) is 11.3 Å². The molecule has 1 spiro atoms. The second-order valence-electron chi connectivity index (χ2n) is 8.20. The Morgan fingerprint density at radius 1 is 0.828 bits per heavy atom. The lowest BCUT2D eigenvalue weighted by atomic mass is 9.65. The fourth-order valence-electron chi connectivity index (χ4n) is 5.23. The minimum Gasteiger partial charge on any atom is -0.508 e. The van der Waals surface area contributed by atoms with Gasteiger partial charge in [0.05, 0.1) is 7.11 Å². The number of hydrogen-bond donors (Lipinski definition) is 2. The lowest BCUT2D eigenvalue weighted by molar-refractivity contribution is 0.342. The Morgan fingerprint density at radius 2 is 1.52 bits per heavy atom. The fraction of sp³-hybridized carbons (Fsp3) is 0.231. The zero-order chi connectivity index (χ0) is 20.0. The maximum Gasteiger partial charge on any atom is 0.130 e. The Kier molecular flexibility index (Phi) is 4.13. The first kappa shape index (κ1) is 17.9. The van der Waals surface area contributed by atoms with E-state index in [2.05, 4.69) is 18.2 Å². The number of methoxy groups -OCH3 is 1. The molecule has 0 radical (unpaired) electrons. The summed E-state index contributed by atoms with van der Waals surface area (Å²) in [6.45, 7) is 0. The van der Waals surface area contributed by atoms with Crippen LogP contribution in [0.15, 0.2) is 66.7 Å². The molecule has 0 saturated heterocycles. The molecule has 2 aliphatic carbocycles. The van der Waals surface area contributed by atoms with Gasteiger partial charge >= 0.3 is 0 Å². The number of aryl methyl sites for hydroxylation is 1. The Balaban J connectivity index is 1.76. The van der Waals surface area contributed by atoms with Crippen LogP contribution in [0.3, 0.4) is 0 Å². The molecule has 0 heterocycles. The van der Waals surface area contributed by atoms with Crippen LogP contribution in [-0.4, -0.2) is 17.3 Å². The van der Waals surface area contributed by atoms with Gasteiger partial charge in [-0.3, -0.25) is 0 Å². The number of rotatable bonds is 2. The van der Waals surface area contributed by atoms with Crippen LogP contribution in [0.2, 0.25) is 0 Å². The number of ether oxygens (including phenoxy) is 1. The Morgan fingerprint density at radius 3 is 2.28 bits per heavy atom. The van der Waals surface area contributed by atoms with Crippen molar-refractivity contribution in [3.8, 4) is 11.5 Å². The van der Waals surface area contributed by atoms with E-state index in [0.29, 0.717) is 11.5 Å². The van der Waals surface area contributed by atoms with E-state index >= 15 is 0 Å². The van der Waals surface area contributed by atoms with E-state index in [4.69, 9.17) is 4.74 Å². The predicted octanol–water partition coefficient (Wildman–Crippen LogP) is 5.34. The summed E-state index contributed by atoms with van der Waals surface area (Å²) in [6.07, 6.45) is 3.71. The van der Waals surface area contributed by atoms with Gasteiger partial charge in [0.2, 0.25) is 0 Å². The Bertz CT molecular complexity index is 1110. The third-order valence-corrected chi connectivity index (χ3v) is 6.48. The second-order valence-corrected chi connectivity index (χ2v) is 8.20. The first-order valence-electron chi connectivity index (χ1n) is 10.1. The van der Waals surface area contributed by atoms with E-state index < -0.39 is 0 Å². The smallest absolute Gasteiger partial charge is 0.130 e. The van der Waals surface area contributed by atoms with Gasteiger partial charge in [-0.1, -0.05) is 42.5 Å². The molecule has 0 aliphatic heterocycles. The van der Waals surface area contributed by atoms with E-state index in [1.165, 1.54) is 16.7 Å². The average Bonchev–Trinajstić information content (AvgIpc) is 3.09. The van der Waals surface area contributed by atoms with E-state index in [9.17, 15) is 10.2 Å². The van der Waals surface area contributed by atoms with Crippen LogP contribution in [0, 0.1) is 5.41 Å². The van der Waals surface area contributed by atoms with Gasteiger partial charge in [0, 0.05) is 16.6 Å². The van der Waals surface area contributed by atoms with Crippen LogP contribution >= 0.6 is 0 Å². The summed E-state index contributed by atoms with van der Waals surface area (Å²) in [5, 5.41) is 20.0. The van der Waals surface area contributed by atoms with Gasteiger partial charge in [-0.2, -0.15) is 0 Å². The van der Waals surface area contributed by atoms with Crippen molar-refractivity contribution in [2.75, 3.05) is 7.11 Å². The maximum atomic E-state index is 10.0. The van der Waals surface area contributed by atoms with E-state index in [-0.39, 0.29) is 5.41 Å². The molecule has 0 aromatic heterocycles. The van der Waals surface area contributed by atoms with Crippen LogP contribution in [0.5, 0.6) is 11.5 Å². The standard InChI is InChI=1S/C26H24O3/c1-29-25(17-5-3-2-4-6-17)24-23-10-9-22(28)13-18(23)11-12-26(24)15-19-7-8-21(27)14-20(19)16-26/h2-10,13-14,27-28H,11-12,15-16H2,1H3/b25-24-. The van der Waals surface area contributed by atoms with Crippen molar-refractivity contribution >= 4 is 11.3 Å². The van der Waals surface area contributed by atoms with Gasteiger partial charge < -0.3 is 14.9 Å². The summed E-state index contributed by atoms with van der Waals surface area (Å²) in [7, 11) is 1.74. The number of aromatic hydroxyl groups is 2. The number of benzene rings is 3. The zero-order valence-electron chi connectivity index (χ0n) is 16.5. The minimum absolute atomic E-state index is 0.0821. The highest BCUT2D eigenvalue weighted by Crippen LogP contribution is 2.56. The maximum absolute atomic E-state index is 10.0. The summed E-state index contributed by atoms with van der Waals surface area (Å²) in [5.41, 5.74) is 7.02. The third-order valence-electron chi connectivity index (χ3n) is 6.48.